The number of nitrogens with zero attached hydrogens (tertiary/aromatic N) is 1. The second kappa shape index (κ2) is 2.62. The van der Waals surface area contributed by atoms with Crippen molar-refractivity contribution in [2.24, 2.45) is 0 Å². The van der Waals surface area contributed by atoms with Crippen LogP contribution in [0.1, 0.15) is 12.1 Å². The Bertz CT molecular complexity index is 209. The molecule has 52 valence electrons. The molecule has 1 aliphatic rings. The fourth-order valence-corrected chi connectivity index (χ4v) is 2.17. The molecule has 0 unspecified atom stereocenters. The summed E-state index contributed by atoms with van der Waals surface area (Å²) in [4.78, 5) is 5.68. The summed E-state index contributed by atoms with van der Waals surface area (Å²) in [5, 5.41) is 0. The highest BCUT2D eigenvalue weighted by molar-refractivity contribution is 7.99. The first-order valence-electron chi connectivity index (χ1n) is 3.53. The van der Waals surface area contributed by atoms with E-state index >= 15 is 0 Å². The lowest BCUT2D eigenvalue weighted by Crippen LogP contribution is -1.99. The molecule has 1 aromatic heterocycles. The molecule has 0 atom stereocenters. The summed E-state index contributed by atoms with van der Waals surface area (Å²) >= 11 is 1.93. The third-order valence-corrected chi connectivity index (χ3v) is 2.84. The first-order valence-corrected chi connectivity index (χ1v) is 4.52. The lowest BCUT2D eigenvalue weighted by atomic mass is 10.2. The molecule has 10 heavy (non-hydrogen) atoms. The predicted octanol–water partition coefficient (Wildman–Crippen LogP) is 2.12. The van der Waals surface area contributed by atoms with Crippen molar-refractivity contribution >= 4 is 11.8 Å². The quantitative estimate of drug-likeness (QED) is 0.563. The normalized spacial score (nSPS) is 16.4. The molecular weight excluding hydrogens is 142 g/mol. The number of hydrogen-bond donors (Lipinski definition) is 0. The van der Waals surface area contributed by atoms with Crippen LogP contribution in [-0.4, -0.2) is 10.7 Å². The van der Waals surface area contributed by atoms with E-state index in [1.54, 1.807) is 0 Å². The van der Waals surface area contributed by atoms with E-state index in [9.17, 15) is 0 Å². The molecule has 0 radical (unpaired) electrons. The van der Waals surface area contributed by atoms with E-state index in [1.165, 1.54) is 29.2 Å². The van der Waals surface area contributed by atoms with Crippen molar-refractivity contribution in [1.29, 1.82) is 0 Å². The van der Waals surface area contributed by atoms with Crippen molar-refractivity contribution in [3.8, 4) is 0 Å². The standard InChI is InChI=1S/C8H9NS/c1-4-8-7(9-5-1)3-2-6-10-8/h1,4-5H,2-3,6H2. The highest BCUT2D eigenvalue weighted by atomic mass is 32.2. The Kier molecular flexibility index (Phi) is 1.63. The van der Waals surface area contributed by atoms with Crippen molar-refractivity contribution in [3.05, 3.63) is 24.0 Å². The van der Waals surface area contributed by atoms with Crippen LogP contribution in [0.25, 0.3) is 0 Å². The maximum Gasteiger partial charge on any atom is 0.0539 e. The monoisotopic (exact) mass is 151 g/mol. The van der Waals surface area contributed by atoms with Crippen molar-refractivity contribution in [2.45, 2.75) is 17.7 Å². The minimum atomic E-state index is 1.17. The molecule has 1 aromatic rings. The van der Waals surface area contributed by atoms with Gasteiger partial charge in [-0.2, -0.15) is 0 Å². The van der Waals surface area contributed by atoms with Crippen LogP contribution in [0.2, 0.25) is 0 Å². The minimum absolute atomic E-state index is 1.17. The molecule has 0 saturated carbocycles. The molecule has 1 aliphatic heterocycles. The molecular formula is C8H9NS. The van der Waals surface area contributed by atoms with Crippen LogP contribution >= 0.6 is 11.8 Å². The zero-order chi connectivity index (χ0) is 6.81. The smallest absolute Gasteiger partial charge is 0.0539 e. The summed E-state index contributed by atoms with van der Waals surface area (Å²) in [6.07, 6.45) is 4.34. The van der Waals surface area contributed by atoms with Crippen molar-refractivity contribution in [3.63, 3.8) is 0 Å². The Morgan fingerprint density at radius 1 is 1.50 bits per heavy atom. The van der Waals surface area contributed by atoms with Crippen LogP contribution in [-0.2, 0) is 6.42 Å². The lowest BCUT2D eigenvalue weighted by Gasteiger charge is -2.12. The fourth-order valence-electron chi connectivity index (χ4n) is 1.16. The summed E-state index contributed by atoms with van der Waals surface area (Å²) < 4.78 is 0. The number of aryl methyl sites for hydroxylation is 1. The van der Waals surface area contributed by atoms with Crippen molar-refractivity contribution in [2.75, 3.05) is 5.75 Å². The molecule has 0 aliphatic carbocycles. The summed E-state index contributed by atoms with van der Waals surface area (Å²) in [5.74, 6) is 1.26. The van der Waals surface area contributed by atoms with E-state index in [0.717, 1.165) is 0 Å². The first-order chi connectivity index (χ1) is 4.97. The summed E-state index contributed by atoms with van der Waals surface area (Å²) in [7, 11) is 0. The maximum atomic E-state index is 4.30. The Labute approximate surface area is 64.9 Å². The average Bonchev–Trinajstić information content (AvgIpc) is 2.05. The SMILES string of the molecule is c1cnc2c(c1)SCCC2. The van der Waals surface area contributed by atoms with Crippen LogP contribution in [0, 0.1) is 0 Å². The topological polar surface area (TPSA) is 12.9 Å². The van der Waals surface area contributed by atoms with Crippen molar-refractivity contribution < 1.29 is 0 Å². The molecule has 0 fully saturated rings. The van der Waals surface area contributed by atoms with E-state index < -0.39 is 0 Å². The third-order valence-electron chi connectivity index (χ3n) is 1.66. The minimum Gasteiger partial charge on any atom is -0.260 e. The van der Waals surface area contributed by atoms with E-state index in [-0.39, 0.29) is 0 Å². The Balaban J connectivity index is 2.41. The summed E-state index contributed by atoms with van der Waals surface area (Å²) in [5.41, 5.74) is 1.29. The van der Waals surface area contributed by atoms with Gasteiger partial charge in [-0.25, -0.2) is 0 Å². The number of thioether (sulfide) groups is 1. The van der Waals surface area contributed by atoms with Gasteiger partial charge in [0.2, 0.25) is 0 Å². The van der Waals surface area contributed by atoms with Gasteiger partial charge in [-0.3, -0.25) is 4.98 Å². The Morgan fingerprint density at radius 3 is 3.40 bits per heavy atom. The van der Waals surface area contributed by atoms with Crippen LogP contribution in [0.5, 0.6) is 0 Å². The molecule has 0 saturated heterocycles. The van der Waals surface area contributed by atoms with Crippen LogP contribution in [0.3, 0.4) is 0 Å². The molecule has 2 rings (SSSR count). The molecule has 0 bridgehead atoms. The number of aromatic nitrogens is 1. The van der Waals surface area contributed by atoms with Gasteiger partial charge in [0.05, 0.1) is 5.69 Å². The van der Waals surface area contributed by atoms with E-state index in [2.05, 4.69) is 11.1 Å². The van der Waals surface area contributed by atoms with Crippen LogP contribution in [0.15, 0.2) is 23.2 Å². The van der Waals surface area contributed by atoms with E-state index in [0.29, 0.717) is 0 Å². The molecule has 0 N–H and O–H groups in total. The van der Waals surface area contributed by atoms with Gasteiger partial charge in [0.25, 0.3) is 0 Å². The van der Waals surface area contributed by atoms with Gasteiger partial charge in [0.1, 0.15) is 0 Å². The Morgan fingerprint density at radius 2 is 2.50 bits per heavy atom. The third kappa shape index (κ3) is 1.03. The van der Waals surface area contributed by atoms with Gasteiger partial charge in [-0.15, -0.1) is 11.8 Å². The molecule has 0 spiro atoms. The zero-order valence-electron chi connectivity index (χ0n) is 5.71. The van der Waals surface area contributed by atoms with E-state index in [1.807, 2.05) is 24.0 Å². The van der Waals surface area contributed by atoms with Gasteiger partial charge < -0.3 is 0 Å². The highest BCUT2D eigenvalue weighted by Gasteiger charge is 2.08. The largest absolute Gasteiger partial charge is 0.260 e. The van der Waals surface area contributed by atoms with Gasteiger partial charge >= 0.3 is 0 Å². The summed E-state index contributed by atoms with van der Waals surface area (Å²) in [6, 6.07) is 4.17. The van der Waals surface area contributed by atoms with Gasteiger partial charge in [0.15, 0.2) is 0 Å². The maximum absolute atomic E-state index is 4.30. The molecule has 0 amide bonds. The molecule has 0 aromatic carbocycles. The van der Waals surface area contributed by atoms with Crippen LogP contribution in [0.4, 0.5) is 0 Å². The zero-order valence-corrected chi connectivity index (χ0v) is 6.53. The second-order valence-electron chi connectivity index (χ2n) is 2.40. The number of hydrogen-bond acceptors (Lipinski definition) is 2. The molecule has 2 heterocycles. The first kappa shape index (κ1) is 6.23. The number of rotatable bonds is 0. The second-order valence-corrected chi connectivity index (χ2v) is 3.54. The van der Waals surface area contributed by atoms with Gasteiger partial charge in [-0.05, 0) is 30.7 Å². The predicted molar refractivity (Wildman–Crippen MR) is 43.3 cm³/mol. The van der Waals surface area contributed by atoms with Crippen LogP contribution < -0.4 is 0 Å². The average molecular weight is 151 g/mol. The Hall–Kier alpha value is -0.500. The van der Waals surface area contributed by atoms with Crippen molar-refractivity contribution in [1.82, 2.24) is 4.98 Å². The van der Waals surface area contributed by atoms with E-state index in [4.69, 9.17) is 0 Å². The highest BCUT2D eigenvalue weighted by Crippen LogP contribution is 2.27. The van der Waals surface area contributed by atoms with Gasteiger partial charge in [-0.1, -0.05) is 0 Å². The summed E-state index contributed by atoms with van der Waals surface area (Å²) in [6.45, 7) is 0. The number of pyridine rings is 1. The molecule has 2 heteroatoms. The molecule has 1 nitrogen and oxygen atoms in total. The number of fused-ring (bicyclic) bond motifs is 1. The fraction of sp³-hybridized carbons (Fsp3) is 0.375. The lowest BCUT2D eigenvalue weighted by molar-refractivity contribution is 0.844. The van der Waals surface area contributed by atoms with Gasteiger partial charge in [0, 0.05) is 11.1 Å².